The first kappa shape index (κ1) is 21.4. The minimum Gasteiger partial charge on any atom is -0.457 e. The van der Waals surface area contributed by atoms with E-state index < -0.39 is 5.60 Å². The van der Waals surface area contributed by atoms with Crippen molar-refractivity contribution in [2.24, 2.45) is 5.73 Å². The van der Waals surface area contributed by atoms with E-state index >= 15 is 0 Å². The van der Waals surface area contributed by atoms with Crippen LogP contribution in [0.1, 0.15) is 38.1 Å². The summed E-state index contributed by atoms with van der Waals surface area (Å²) >= 11 is 0. The van der Waals surface area contributed by atoms with Crippen molar-refractivity contribution in [3.8, 4) is 22.8 Å². The molecule has 0 radical (unpaired) electrons. The number of anilines is 1. The minimum atomic E-state index is -0.681. The third-order valence-corrected chi connectivity index (χ3v) is 6.47. The maximum atomic E-state index is 10.7. The Morgan fingerprint density at radius 3 is 2.39 bits per heavy atom. The number of para-hydroxylation sites is 1. The first-order valence-corrected chi connectivity index (χ1v) is 11.3. The van der Waals surface area contributed by atoms with Gasteiger partial charge in [0.15, 0.2) is 5.65 Å². The molecule has 0 unspecified atom stereocenters. The van der Waals surface area contributed by atoms with Gasteiger partial charge in [0.25, 0.3) is 0 Å². The van der Waals surface area contributed by atoms with Crippen LogP contribution in [0.2, 0.25) is 0 Å². The highest BCUT2D eigenvalue weighted by Gasteiger charge is 2.34. The number of rotatable bonds is 6. The van der Waals surface area contributed by atoms with Crippen molar-refractivity contribution in [2.45, 2.75) is 43.7 Å². The topological polar surface area (TPSA) is 125 Å². The number of hydrogen-bond donors (Lipinski definition) is 3. The molecule has 1 fully saturated rings. The number of fused-ring (bicyclic) bond motifs is 1. The maximum absolute atomic E-state index is 10.7. The van der Waals surface area contributed by atoms with Crippen molar-refractivity contribution in [3.05, 3.63) is 60.9 Å². The third kappa shape index (κ3) is 4.27. The number of benzene rings is 2. The molecule has 0 atom stereocenters. The summed E-state index contributed by atoms with van der Waals surface area (Å²) in [6.07, 6.45) is 5.09. The van der Waals surface area contributed by atoms with E-state index in [1.165, 1.54) is 6.33 Å². The highest BCUT2D eigenvalue weighted by molar-refractivity contribution is 5.98. The molecule has 2 aromatic carbocycles. The van der Waals surface area contributed by atoms with Crippen LogP contribution in [0.5, 0.6) is 11.5 Å². The number of nitrogens with zero attached hydrogens (tertiary/aromatic N) is 4. The predicted octanol–water partition coefficient (Wildman–Crippen LogP) is 4.06. The van der Waals surface area contributed by atoms with Crippen LogP contribution in [0.4, 0.5) is 5.82 Å². The SMILES string of the molecule is NCC[C@]1(O)CC[C@@H](n2nc(-c3ccc(Oc4ccccc4)cc3)c3c(N)ncnc32)CC1. The molecule has 33 heavy (non-hydrogen) atoms. The van der Waals surface area contributed by atoms with Gasteiger partial charge in [-0.2, -0.15) is 5.10 Å². The molecule has 4 aromatic rings. The van der Waals surface area contributed by atoms with Crippen molar-refractivity contribution in [3.63, 3.8) is 0 Å². The summed E-state index contributed by atoms with van der Waals surface area (Å²) < 4.78 is 7.87. The Morgan fingerprint density at radius 2 is 1.70 bits per heavy atom. The lowest BCUT2D eigenvalue weighted by atomic mass is 9.80. The molecular weight excluding hydrogens is 416 g/mol. The molecule has 2 heterocycles. The highest BCUT2D eigenvalue weighted by Crippen LogP contribution is 2.40. The van der Waals surface area contributed by atoms with E-state index in [9.17, 15) is 5.11 Å². The zero-order valence-electron chi connectivity index (χ0n) is 18.4. The van der Waals surface area contributed by atoms with Crippen molar-refractivity contribution in [2.75, 3.05) is 12.3 Å². The van der Waals surface area contributed by atoms with Crippen LogP contribution in [0, 0.1) is 0 Å². The van der Waals surface area contributed by atoms with Crippen molar-refractivity contribution in [1.82, 2.24) is 19.7 Å². The molecule has 5 rings (SSSR count). The van der Waals surface area contributed by atoms with Crippen LogP contribution in [-0.2, 0) is 0 Å². The predicted molar refractivity (Wildman–Crippen MR) is 128 cm³/mol. The fourth-order valence-electron chi connectivity index (χ4n) is 4.66. The summed E-state index contributed by atoms with van der Waals surface area (Å²) in [6.45, 7) is 0.490. The first-order valence-electron chi connectivity index (χ1n) is 11.3. The van der Waals surface area contributed by atoms with E-state index in [4.69, 9.17) is 21.3 Å². The molecular formula is C25H28N6O2. The Kier molecular flexibility index (Phi) is 5.70. The second kappa shape index (κ2) is 8.80. The standard InChI is InChI=1S/C25H28N6O2/c26-15-14-25(32)12-10-18(11-13-25)31-24-21(23(27)28-16-29-24)22(30-31)17-6-8-20(9-7-17)33-19-4-2-1-3-5-19/h1-9,16,18,32H,10-15,26H2,(H2,27,28,29)/t18-,25+. The van der Waals surface area contributed by atoms with Gasteiger partial charge in [-0.25, -0.2) is 14.6 Å². The minimum absolute atomic E-state index is 0.134. The summed E-state index contributed by atoms with van der Waals surface area (Å²) in [5, 5.41) is 16.4. The van der Waals surface area contributed by atoms with Crippen LogP contribution in [0.25, 0.3) is 22.3 Å². The number of hydrogen-bond acceptors (Lipinski definition) is 7. The Balaban J connectivity index is 1.46. The van der Waals surface area contributed by atoms with Gasteiger partial charge in [0.2, 0.25) is 0 Å². The Morgan fingerprint density at radius 1 is 1.00 bits per heavy atom. The molecule has 170 valence electrons. The lowest BCUT2D eigenvalue weighted by Gasteiger charge is -2.36. The lowest BCUT2D eigenvalue weighted by Crippen LogP contribution is -2.36. The van der Waals surface area contributed by atoms with Crippen molar-refractivity contribution >= 4 is 16.9 Å². The Hall–Kier alpha value is -3.49. The molecule has 1 aliphatic rings. The Bertz CT molecular complexity index is 1230. The number of aliphatic hydroxyl groups is 1. The molecule has 0 saturated heterocycles. The van der Waals surface area contributed by atoms with E-state index in [2.05, 4.69) is 9.97 Å². The largest absolute Gasteiger partial charge is 0.457 e. The quantitative estimate of drug-likeness (QED) is 0.409. The zero-order chi connectivity index (χ0) is 22.8. The lowest BCUT2D eigenvalue weighted by molar-refractivity contribution is -0.0133. The van der Waals surface area contributed by atoms with Gasteiger partial charge >= 0.3 is 0 Å². The average molecular weight is 445 g/mol. The van der Waals surface area contributed by atoms with Crippen LogP contribution in [0.3, 0.4) is 0 Å². The molecule has 2 aromatic heterocycles. The number of nitrogen functional groups attached to an aromatic ring is 1. The molecule has 8 nitrogen and oxygen atoms in total. The van der Waals surface area contributed by atoms with Crippen LogP contribution in [0.15, 0.2) is 60.9 Å². The molecule has 5 N–H and O–H groups in total. The smallest absolute Gasteiger partial charge is 0.164 e. The average Bonchev–Trinajstić information content (AvgIpc) is 3.22. The second-order valence-corrected chi connectivity index (χ2v) is 8.68. The van der Waals surface area contributed by atoms with Crippen molar-refractivity contribution < 1.29 is 9.84 Å². The monoisotopic (exact) mass is 444 g/mol. The molecule has 0 bridgehead atoms. The van der Waals surface area contributed by atoms with E-state index in [1.54, 1.807) is 0 Å². The van der Waals surface area contributed by atoms with Crippen LogP contribution in [-0.4, -0.2) is 37.0 Å². The summed E-state index contributed by atoms with van der Waals surface area (Å²) in [5.41, 5.74) is 13.7. The molecule has 0 amide bonds. The van der Waals surface area contributed by atoms with E-state index in [1.807, 2.05) is 59.3 Å². The zero-order valence-corrected chi connectivity index (χ0v) is 18.4. The number of ether oxygens (including phenoxy) is 1. The van der Waals surface area contributed by atoms with Crippen molar-refractivity contribution in [1.29, 1.82) is 0 Å². The highest BCUT2D eigenvalue weighted by atomic mass is 16.5. The molecule has 0 aliphatic heterocycles. The van der Waals surface area contributed by atoms with Gasteiger partial charge in [0.1, 0.15) is 29.3 Å². The fraction of sp³-hybridized carbons (Fsp3) is 0.320. The maximum Gasteiger partial charge on any atom is 0.164 e. The third-order valence-electron chi connectivity index (χ3n) is 6.47. The molecule has 1 saturated carbocycles. The number of aromatic nitrogens is 4. The fourth-order valence-corrected chi connectivity index (χ4v) is 4.66. The second-order valence-electron chi connectivity index (χ2n) is 8.68. The van der Waals surface area contributed by atoms with Gasteiger partial charge in [-0.15, -0.1) is 0 Å². The summed E-state index contributed by atoms with van der Waals surface area (Å²) in [4.78, 5) is 8.72. The summed E-state index contributed by atoms with van der Waals surface area (Å²) in [6, 6.07) is 17.6. The van der Waals surface area contributed by atoms with Gasteiger partial charge in [-0.05, 0) is 75.0 Å². The molecule has 0 spiro atoms. The normalized spacial score (nSPS) is 20.7. The van der Waals surface area contributed by atoms with Crippen LogP contribution >= 0.6 is 0 Å². The van der Waals surface area contributed by atoms with Crippen LogP contribution < -0.4 is 16.2 Å². The van der Waals surface area contributed by atoms with Gasteiger partial charge in [-0.3, -0.25) is 0 Å². The van der Waals surface area contributed by atoms with E-state index in [-0.39, 0.29) is 6.04 Å². The van der Waals surface area contributed by atoms with Gasteiger partial charge in [0, 0.05) is 5.56 Å². The summed E-state index contributed by atoms with van der Waals surface area (Å²) in [7, 11) is 0. The van der Waals surface area contributed by atoms with E-state index in [0.717, 1.165) is 46.6 Å². The van der Waals surface area contributed by atoms with Gasteiger partial charge < -0.3 is 21.3 Å². The van der Waals surface area contributed by atoms with E-state index in [0.29, 0.717) is 31.6 Å². The Labute approximate surface area is 192 Å². The number of nitrogens with two attached hydrogens (primary N) is 2. The first-order chi connectivity index (χ1) is 16.1. The summed E-state index contributed by atoms with van der Waals surface area (Å²) in [5.74, 6) is 1.93. The molecule has 1 aliphatic carbocycles. The molecule has 8 heteroatoms. The van der Waals surface area contributed by atoms with Gasteiger partial charge in [-0.1, -0.05) is 18.2 Å². The van der Waals surface area contributed by atoms with Gasteiger partial charge in [0.05, 0.1) is 17.0 Å².